The zero-order valence-electron chi connectivity index (χ0n) is 15.3. The second-order valence-electron chi connectivity index (χ2n) is 7.39. The number of allylic oxidation sites excluding steroid dienone is 2. The number of hydrogen-bond acceptors (Lipinski definition) is 4. The molecule has 2 aliphatic rings. The molecule has 2 aromatic heterocycles. The number of carbonyl (C=O) groups is 1. The van der Waals surface area contributed by atoms with Crippen LogP contribution in [0.2, 0.25) is 0 Å². The first-order valence-corrected chi connectivity index (χ1v) is 9.66. The minimum Gasteiger partial charge on any atom is -0.353 e. The first-order valence-electron chi connectivity index (χ1n) is 9.66. The summed E-state index contributed by atoms with van der Waals surface area (Å²) in [6.45, 7) is 0. The van der Waals surface area contributed by atoms with Gasteiger partial charge in [0.1, 0.15) is 0 Å². The van der Waals surface area contributed by atoms with Gasteiger partial charge in [0, 0.05) is 36.0 Å². The third kappa shape index (κ3) is 3.99. The Labute approximate surface area is 158 Å². The van der Waals surface area contributed by atoms with Gasteiger partial charge in [0.15, 0.2) is 0 Å². The van der Waals surface area contributed by atoms with Gasteiger partial charge >= 0.3 is 0 Å². The summed E-state index contributed by atoms with van der Waals surface area (Å²) in [5.74, 6) is 0.266. The highest BCUT2D eigenvalue weighted by molar-refractivity contribution is 5.79. The molecule has 140 valence electrons. The lowest BCUT2D eigenvalue weighted by Gasteiger charge is -2.30. The molecule has 0 radical (unpaired) electrons. The number of nitrogens with one attached hydrogen (secondary N) is 1. The van der Waals surface area contributed by atoms with Crippen molar-refractivity contribution in [3.63, 3.8) is 0 Å². The van der Waals surface area contributed by atoms with Crippen molar-refractivity contribution in [2.45, 2.75) is 50.6 Å². The van der Waals surface area contributed by atoms with Gasteiger partial charge in [0.05, 0.1) is 11.7 Å². The molecule has 0 unspecified atom stereocenters. The maximum atomic E-state index is 12.3. The molecule has 2 aromatic rings. The third-order valence-electron chi connectivity index (χ3n) is 5.57. The Morgan fingerprint density at radius 3 is 2.41 bits per heavy atom. The summed E-state index contributed by atoms with van der Waals surface area (Å²) in [6.07, 6.45) is 12.8. The summed E-state index contributed by atoms with van der Waals surface area (Å²) in [4.78, 5) is 28.7. The first-order chi connectivity index (χ1) is 13.2. The van der Waals surface area contributed by atoms with Gasteiger partial charge in [0.25, 0.3) is 5.56 Å². The van der Waals surface area contributed by atoms with E-state index in [2.05, 4.69) is 27.6 Å². The summed E-state index contributed by atoms with van der Waals surface area (Å²) in [5, 5.41) is 7.79. The van der Waals surface area contributed by atoms with Crippen molar-refractivity contribution in [1.29, 1.82) is 0 Å². The third-order valence-corrected chi connectivity index (χ3v) is 5.57. The predicted molar refractivity (Wildman–Crippen MR) is 103 cm³/mol. The van der Waals surface area contributed by atoms with Crippen LogP contribution < -0.4 is 10.9 Å². The van der Waals surface area contributed by atoms with Crippen molar-refractivity contribution in [1.82, 2.24) is 20.1 Å². The standard InChI is InChI=1S/C21H24N4O2/c26-20-10-9-19(15-11-13-22-14-12-15)24-25(20)18-7-5-17(6-8-18)23-21(27)16-3-1-2-4-16/h1-2,9-14,16-18H,3-8H2,(H,23,27). The molecule has 2 heterocycles. The van der Waals surface area contributed by atoms with Crippen molar-refractivity contribution in [2.75, 3.05) is 0 Å². The van der Waals surface area contributed by atoms with Crippen LogP contribution >= 0.6 is 0 Å². The van der Waals surface area contributed by atoms with Gasteiger partial charge in [-0.1, -0.05) is 12.2 Å². The van der Waals surface area contributed by atoms with Crippen LogP contribution in [0.15, 0.2) is 53.6 Å². The Hall–Kier alpha value is -2.76. The van der Waals surface area contributed by atoms with Crippen molar-refractivity contribution in [3.05, 3.63) is 59.2 Å². The molecular weight excluding hydrogens is 340 g/mol. The van der Waals surface area contributed by atoms with Crippen LogP contribution in [0.4, 0.5) is 0 Å². The lowest BCUT2D eigenvalue weighted by molar-refractivity contribution is -0.125. The summed E-state index contributed by atoms with van der Waals surface area (Å²) in [7, 11) is 0. The number of nitrogens with zero attached hydrogens (tertiary/aromatic N) is 3. The van der Waals surface area contributed by atoms with E-state index in [-0.39, 0.29) is 29.5 Å². The first kappa shape index (κ1) is 17.6. The molecule has 0 spiro atoms. The summed E-state index contributed by atoms with van der Waals surface area (Å²) >= 11 is 0. The fraction of sp³-hybridized carbons (Fsp3) is 0.429. The highest BCUT2D eigenvalue weighted by Gasteiger charge is 2.27. The molecule has 0 bridgehead atoms. The normalized spacial score (nSPS) is 22.7. The number of pyridine rings is 1. The minimum absolute atomic E-state index is 0.0719. The van der Waals surface area contributed by atoms with Crippen LogP contribution in [0, 0.1) is 5.92 Å². The summed E-state index contributed by atoms with van der Waals surface area (Å²) in [6, 6.07) is 7.41. The molecule has 0 aliphatic heterocycles. The van der Waals surface area contributed by atoms with Crippen LogP contribution in [-0.2, 0) is 4.79 Å². The van der Waals surface area contributed by atoms with Crippen molar-refractivity contribution < 1.29 is 4.79 Å². The Morgan fingerprint density at radius 1 is 1.00 bits per heavy atom. The van der Waals surface area contributed by atoms with E-state index in [0.29, 0.717) is 0 Å². The van der Waals surface area contributed by atoms with Crippen LogP contribution in [0.25, 0.3) is 11.3 Å². The fourth-order valence-electron chi connectivity index (χ4n) is 3.98. The van der Waals surface area contributed by atoms with Crippen LogP contribution in [0.3, 0.4) is 0 Å². The smallest absolute Gasteiger partial charge is 0.267 e. The average Bonchev–Trinajstić information content (AvgIpc) is 3.25. The molecule has 27 heavy (non-hydrogen) atoms. The van der Waals surface area contributed by atoms with E-state index < -0.39 is 0 Å². The molecule has 6 heteroatoms. The molecule has 1 fully saturated rings. The summed E-state index contributed by atoms with van der Waals surface area (Å²) < 4.78 is 1.62. The Kier molecular flexibility index (Phi) is 5.14. The zero-order valence-corrected chi connectivity index (χ0v) is 15.3. The molecule has 4 rings (SSSR count). The molecule has 6 nitrogen and oxygen atoms in total. The average molecular weight is 364 g/mol. The highest BCUT2D eigenvalue weighted by Crippen LogP contribution is 2.28. The van der Waals surface area contributed by atoms with Crippen molar-refractivity contribution in [3.8, 4) is 11.3 Å². The van der Waals surface area contributed by atoms with E-state index in [1.807, 2.05) is 12.1 Å². The molecular formula is C21H24N4O2. The SMILES string of the molecule is O=C(NC1CCC(n2nc(-c3ccncc3)ccc2=O)CC1)C1CC=CC1. The second-order valence-corrected chi connectivity index (χ2v) is 7.39. The lowest BCUT2D eigenvalue weighted by atomic mass is 9.90. The number of hydrogen-bond donors (Lipinski definition) is 1. The molecule has 1 saturated carbocycles. The Bertz CT molecular complexity index is 875. The van der Waals surface area contributed by atoms with Crippen LogP contribution in [-0.4, -0.2) is 26.7 Å². The van der Waals surface area contributed by atoms with E-state index in [4.69, 9.17) is 0 Å². The largest absolute Gasteiger partial charge is 0.353 e. The van der Waals surface area contributed by atoms with Crippen LogP contribution in [0.1, 0.15) is 44.6 Å². The van der Waals surface area contributed by atoms with E-state index >= 15 is 0 Å². The molecule has 0 atom stereocenters. The lowest BCUT2D eigenvalue weighted by Crippen LogP contribution is -2.41. The van der Waals surface area contributed by atoms with Gasteiger partial charge < -0.3 is 5.32 Å². The molecule has 0 saturated heterocycles. The van der Waals surface area contributed by atoms with Crippen molar-refractivity contribution in [2.24, 2.45) is 5.92 Å². The van der Waals surface area contributed by atoms with E-state index in [1.165, 1.54) is 0 Å². The van der Waals surface area contributed by atoms with E-state index in [9.17, 15) is 9.59 Å². The summed E-state index contributed by atoms with van der Waals surface area (Å²) in [5.41, 5.74) is 1.66. The second kappa shape index (κ2) is 7.86. The van der Waals surface area contributed by atoms with Crippen LogP contribution in [0.5, 0.6) is 0 Å². The van der Waals surface area contributed by atoms with Gasteiger partial charge in [-0.2, -0.15) is 5.10 Å². The zero-order chi connectivity index (χ0) is 18.6. The highest BCUT2D eigenvalue weighted by atomic mass is 16.2. The molecule has 0 aromatic carbocycles. The predicted octanol–water partition coefficient (Wildman–Crippen LogP) is 2.87. The monoisotopic (exact) mass is 364 g/mol. The minimum atomic E-state index is -0.0719. The molecule has 2 aliphatic carbocycles. The van der Waals surface area contributed by atoms with Gasteiger partial charge in [-0.25, -0.2) is 4.68 Å². The quantitative estimate of drug-likeness (QED) is 0.847. The topological polar surface area (TPSA) is 76.9 Å². The number of rotatable bonds is 4. The van der Waals surface area contributed by atoms with Gasteiger partial charge in [-0.05, 0) is 56.7 Å². The maximum absolute atomic E-state index is 12.3. The Morgan fingerprint density at radius 2 is 1.70 bits per heavy atom. The van der Waals surface area contributed by atoms with E-state index in [0.717, 1.165) is 49.8 Å². The van der Waals surface area contributed by atoms with E-state index in [1.54, 1.807) is 29.2 Å². The van der Waals surface area contributed by atoms with Gasteiger partial charge in [-0.3, -0.25) is 14.6 Å². The molecule has 1 amide bonds. The Balaban J connectivity index is 1.40. The molecule has 1 N–H and O–H groups in total. The number of amides is 1. The van der Waals surface area contributed by atoms with Gasteiger partial charge in [0.2, 0.25) is 5.91 Å². The maximum Gasteiger partial charge on any atom is 0.267 e. The number of aromatic nitrogens is 3. The van der Waals surface area contributed by atoms with Crippen molar-refractivity contribution >= 4 is 5.91 Å². The van der Waals surface area contributed by atoms with Gasteiger partial charge in [-0.15, -0.1) is 0 Å². The fourth-order valence-corrected chi connectivity index (χ4v) is 3.98. The number of carbonyl (C=O) groups excluding carboxylic acids is 1.